The van der Waals surface area contributed by atoms with Gasteiger partial charge >= 0.3 is 0 Å². The van der Waals surface area contributed by atoms with Gasteiger partial charge in [-0.05, 0) is 39.8 Å². The molecule has 0 aliphatic heterocycles. The highest BCUT2D eigenvalue weighted by molar-refractivity contribution is 4.73. The normalized spacial score (nSPS) is 33.0. The van der Waals surface area contributed by atoms with Gasteiger partial charge in [-0.25, -0.2) is 0 Å². The molecule has 0 aromatic carbocycles. The van der Waals surface area contributed by atoms with Crippen LogP contribution in [0, 0.1) is 0 Å². The molecule has 1 rings (SSSR count). The van der Waals surface area contributed by atoms with Gasteiger partial charge in [-0.1, -0.05) is 12.8 Å². The Morgan fingerprint density at radius 3 is 1.92 bits per heavy atom. The molecular formula is C10H22N2. The molecule has 0 saturated heterocycles. The molecule has 2 heteroatoms. The van der Waals surface area contributed by atoms with Gasteiger partial charge in [0.15, 0.2) is 0 Å². The van der Waals surface area contributed by atoms with Crippen LogP contribution in [-0.4, -0.2) is 31.1 Å². The summed E-state index contributed by atoms with van der Waals surface area (Å²) >= 11 is 0. The molecule has 0 heterocycles. The standard InChI is InChI=1S/C10H22N2/c1-12(2)10-7-3-5-9(11)6-4-8-10/h9-10H,3-8,11H2,1-2H3. The predicted octanol–water partition coefficient (Wildman–Crippen LogP) is 1.60. The molecule has 12 heavy (non-hydrogen) atoms. The third kappa shape index (κ3) is 3.11. The quantitative estimate of drug-likeness (QED) is 0.647. The molecule has 1 saturated carbocycles. The van der Waals surface area contributed by atoms with Crippen molar-refractivity contribution in [3.05, 3.63) is 0 Å². The molecule has 1 aliphatic carbocycles. The zero-order valence-electron chi connectivity index (χ0n) is 8.42. The SMILES string of the molecule is CN(C)C1CCCC(N)CCC1. The molecule has 0 unspecified atom stereocenters. The average Bonchev–Trinajstić information content (AvgIpc) is 1.95. The fourth-order valence-corrected chi connectivity index (χ4v) is 2.04. The van der Waals surface area contributed by atoms with Crippen LogP contribution in [0.1, 0.15) is 38.5 Å². The third-order valence-corrected chi connectivity index (χ3v) is 2.95. The van der Waals surface area contributed by atoms with Crippen LogP contribution in [0.3, 0.4) is 0 Å². The van der Waals surface area contributed by atoms with E-state index in [9.17, 15) is 0 Å². The Labute approximate surface area is 76.1 Å². The summed E-state index contributed by atoms with van der Waals surface area (Å²) in [6, 6.07) is 1.28. The van der Waals surface area contributed by atoms with Crippen molar-refractivity contribution in [2.24, 2.45) is 5.73 Å². The first-order chi connectivity index (χ1) is 5.70. The molecule has 1 aliphatic rings. The fourth-order valence-electron chi connectivity index (χ4n) is 2.04. The van der Waals surface area contributed by atoms with Crippen LogP contribution in [0.5, 0.6) is 0 Å². The molecule has 0 bridgehead atoms. The van der Waals surface area contributed by atoms with Crippen molar-refractivity contribution in [1.82, 2.24) is 4.90 Å². The van der Waals surface area contributed by atoms with Crippen molar-refractivity contribution < 1.29 is 0 Å². The van der Waals surface area contributed by atoms with Crippen LogP contribution >= 0.6 is 0 Å². The smallest absolute Gasteiger partial charge is 0.00891 e. The van der Waals surface area contributed by atoms with E-state index < -0.39 is 0 Å². The van der Waals surface area contributed by atoms with E-state index in [1.165, 1.54) is 38.5 Å². The zero-order chi connectivity index (χ0) is 8.97. The lowest BCUT2D eigenvalue weighted by Gasteiger charge is -2.27. The lowest BCUT2D eigenvalue weighted by molar-refractivity contribution is 0.237. The number of hydrogen-bond donors (Lipinski definition) is 1. The minimum Gasteiger partial charge on any atom is -0.328 e. The second kappa shape index (κ2) is 4.83. The topological polar surface area (TPSA) is 29.3 Å². The molecule has 72 valence electrons. The monoisotopic (exact) mass is 170 g/mol. The summed E-state index contributed by atoms with van der Waals surface area (Å²) in [6.07, 6.45) is 7.74. The summed E-state index contributed by atoms with van der Waals surface area (Å²) in [5, 5.41) is 0. The number of nitrogens with zero attached hydrogens (tertiary/aromatic N) is 1. The second-order valence-electron chi connectivity index (χ2n) is 4.24. The van der Waals surface area contributed by atoms with Gasteiger partial charge in [-0.2, -0.15) is 0 Å². The molecule has 0 spiro atoms. The summed E-state index contributed by atoms with van der Waals surface area (Å²) in [6.45, 7) is 0. The van der Waals surface area contributed by atoms with E-state index in [0.717, 1.165) is 6.04 Å². The van der Waals surface area contributed by atoms with Crippen LogP contribution in [0.25, 0.3) is 0 Å². The van der Waals surface area contributed by atoms with E-state index in [1.54, 1.807) is 0 Å². The maximum atomic E-state index is 5.91. The van der Waals surface area contributed by atoms with Crippen molar-refractivity contribution in [2.45, 2.75) is 50.6 Å². The summed E-state index contributed by atoms with van der Waals surface area (Å²) in [5.41, 5.74) is 5.91. The van der Waals surface area contributed by atoms with Gasteiger partial charge in [0.1, 0.15) is 0 Å². The first-order valence-corrected chi connectivity index (χ1v) is 5.12. The molecule has 1 fully saturated rings. The summed E-state index contributed by atoms with van der Waals surface area (Å²) in [5.74, 6) is 0. The molecule has 0 atom stereocenters. The van der Waals surface area contributed by atoms with Gasteiger partial charge in [-0.15, -0.1) is 0 Å². The molecule has 2 nitrogen and oxygen atoms in total. The van der Waals surface area contributed by atoms with Gasteiger partial charge in [0.25, 0.3) is 0 Å². The van der Waals surface area contributed by atoms with Crippen molar-refractivity contribution in [2.75, 3.05) is 14.1 Å². The summed E-state index contributed by atoms with van der Waals surface area (Å²) < 4.78 is 0. The number of rotatable bonds is 1. The highest BCUT2D eigenvalue weighted by atomic mass is 15.1. The highest BCUT2D eigenvalue weighted by Gasteiger charge is 2.15. The van der Waals surface area contributed by atoms with Crippen LogP contribution in [0.15, 0.2) is 0 Å². The van der Waals surface area contributed by atoms with Crippen LogP contribution in [0.2, 0.25) is 0 Å². The Balaban J connectivity index is 2.30. The lowest BCUT2D eigenvalue weighted by Crippen LogP contribution is -2.31. The number of hydrogen-bond acceptors (Lipinski definition) is 2. The van der Waals surface area contributed by atoms with Crippen LogP contribution in [0.4, 0.5) is 0 Å². The summed E-state index contributed by atoms with van der Waals surface area (Å²) in [7, 11) is 4.37. The van der Waals surface area contributed by atoms with Gasteiger partial charge in [-0.3, -0.25) is 0 Å². The maximum absolute atomic E-state index is 5.91. The van der Waals surface area contributed by atoms with Crippen molar-refractivity contribution in [3.8, 4) is 0 Å². The third-order valence-electron chi connectivity index (χ3n) is 2.95. The van der Waals surface area contributed by atoms with Gasteiger partial charge in [0.2, 0.25) is 0 Å². The predicted molar refractivity (Wildman–Crippen MR) is 53.2 cm³/mol. The zero-order valence-corrected chi connectivity index (χ0v) is 8.42. The van der Waals surface area contributed by atoms with E-state index in [-0.39, 0.29) is 0 Å². The Morgan fingerprint density at radius 2 is 1.50 bits per heavy atom. The second-order valence-corrected chi connectivity index (χ2v) is 4.24. The van der Waals surface area contributed by atoms with E-state index in [1.807, 2.05) is 0 Å². The van der Waals surface area contributed by atoms with E-state index in [0.29, 0.717) is 6.04 Å². The van der Waals surface area contributed by atoms with Crippen molar-refractivity contribution in [1.29, 1.82) is 0 Å². The van der Waals surface area contributed by atoms with Crippen molar-refractivity contribution >= 4 is 0 Å². The Hall–Kier alpha value is -0.0800. The molecule has 0 amide bonds. The first kappa shape index (κ1) is 10.0. The van der Waals surface area contributed by atoms with Gasteiger partial charge in [0, 0.05) is 12.1 Å². The van der Waals surface area contributed by atoms with E-state index in [4.69, 9.17) is 5.73 Å². The molecule has 0 aromatic rings. The number of nitrogens with two attached hydrogens (primary N) is 1. The molecule has 2 N–H and O–H groups in total. The van der Waals surface area contributed by atoms with Crippen LogP contribution < -0.4 is 5.73 Å². The average molecular weight is 170 g/mol. The Morgan fingerprint density at radius 1 is 1.00 bits per heavy atom. The van der Waals surface area contributed by atoms with E-state index in [2.05, 4.69) is 19.0 Å². The minimum atomic E-state index is 0.480. The largest absolute Gasteiger partial charge is 0.328 e. The Kier molecular flexibility index (Phi) is 4.02. The molecule has 0 aromatic heterocycles. The van der Waals surface area contributed by atoms with Gasteiger partial charge in [0.05, 0.1) is 0 Å². The fraction of sp³-hybridized carbons (Fsp3) is 1.00. The molecule has 0 radical (unpaired) electrons. The molecular weight excluding hydrogens is 148 g/mol. The first-order valence-electron chi connectivity index (χ1n) is 5.12. The van der Waals surface area contributed by atoms with Crippen LogP contribution in [-0.2, 0) is 0 Å². The maximum Gasteiger partial charge on any atom is 0.00891 e. The lowest BCUT2D eigenvalue weighted by atomic mass is 9.93. The summed E-state index contributed by atoms with van der Waals surface area (Å²) in [4.78, 5) is 2.36. The Bertz CT molecular complexity index is 113. The van der Waals surface area contributed by atoms with Gasteiger partial charge < -0.3 is 10.6 Å². The minimum absolute atomic E-state index is 0.480. The van der Waals surface area contributed by atoms with E-state index >= 15 is 0 Å². The van der Waals surface area contributed by atoms with Crippen molar-refractivity contribution in [3.63, 3.8) is 0 Å². The highest BCUT2D eigenvalue weighted by Crippen LogP contribution is 2.19.